The first-order valence-electron chi connectivity index (χ1n) is 21.1. The first kappa shape index (κ1) is 49.2. The van der Waals surface area contributed by atoms with Gasteiger partial charge in [-0.2, -0.15) is 0 Å². The van der Waals surface area contributed by atoms with Crippen LogP contribution in [0.15, 0.2) is 84.9 Å². The van der Waals surface area contributed by atoms with Gasteiger partial charge in [0.25, 0.3) is 5.91 Å². The van der Waals surface area contributed by atoms with Gasteiger partial charge in [-0.25, -0.2) is 0 Å². The normalized spacial score (nSPS) is 17.5. The Morgan fingerprint density at radius 1 is 0.815 bits per heavy atom. The van der Waals surface area contributed by atoms with Crippen LogP contribution in [0.25, 0.3) is 22.3 Å². The Balaban J connectivity index is 1.46. The molecule has 17 nitrogen and oxygen atoms in total. The number of fused-ring (bicyclic) bond motifs is 5. The number of phenols is 2. The Hall–Kier alpha value is -6.82. The number of ketones is 1. The molecule has 1 heterocycles. The number of nitrogens with one attached hydrogen (secondary N) is 5. The van der Waals surface area contributed by atoms with Gasteiger partial charge in [0.2, 0.25) is 29.5 Å². The van der Waals surface area contributed by atoms with Crippen molar-refractivity contribution in [1.29, 1.82) is 0 Å². The van der Waals surface area contributed by atoms with Gasteiger partial charge >= 0.3 is 0 Å². The lowest BCUT2D eigenvalue weighted by Crippen LogP contribution is -2.57. The molecule has 0 spiro atoms. The van der Waals surface area contributed by atoms with Crippen molar-refractivity contribution in [2.24, 2.45) is 11.5 Å². The lowest BCUT2D eigenvalue weighted by molar-refractivity contribution is -0.141. The number of carbonyl (C=O) groups is 7. The summed E-state index contributed by atoms with van der Waals surface area (Å²) >= 11 is 6.05. The summed E-state index contributed by atoms with van der Waals surface area (Å²) in [5, 5.41) is 36.2. The van der Waals surface area contributed by atoms with Crippen molar-refractivity contribution >= 4 is 52.8 Å². The maximum Gasteiger partial charge on any atom is 0.251 e. The number of nitrogens with two attached hydrogens (primary N) is 2. The summed E-state index contributed by atoms with van der Waals surface area (Å²) in [7, 11) is 1.38. The summed E-state index contributed by atoms with van der Waals surface area (Å²) in [4.78, 5) is 95.7. The van der Waals surface area contributed by atoms with E-state index < -0.39 is 77.5 Å². The second kappa shape index (κ2) is 22.2. The predicted molar refractivity (Wildman–Crippen MR) is 244 cm³/mol. The number of aromatic hydroxyl groups is 2. The quantitative estimate of drug-likeness (QED) is 0.0738. The third kappa shape index (κ3) is 12.7. The molecule has 1 aliphatic rings. The number of likely N-dealkylation sites (N-methyl/N-ethyl adjacent to an activating group) is 1. The van der Waals surface area contributed by atoms with Crippen molar-refractivity contribution in [2.75, 3.05) is 20.1 Å². The minimum Gasteiger partial charge on any atom is -0.507 e. The lowest BCUT2D eigenvalue weighted by Gasteiger charge is -2.32. The van der Waals surface area contributed by atoms with Gasteiger partial charge < -0.3 is 47.8 Å². The zero-order valence-corrected chi connectivity index (χ0v) is 37.3. The van der Waals surface area contributed by atoms with E-state index in [1.165, 1.54) is 64.2 Å². The predicted octanol–water partition coefficient (Wildman–Crippen LogP) is 2.60. The maximum atomic E-state index is 14.6. The van der Waals surface area contributed by atoms with Crippen LogP contribution in [0.1, 0.15) is 67.6 Å². The SMILES string of the molecule is C[C@H](NCC(=O)[C@H](C)NC(=O)[C@@H]1Cc2ccc(O)c(c2)-c2cc(ccc2O)[C@H](N(C)C(=O)[C@H](CCCCN)NC(=O)c2ccc(-c3ccc(Cl)cc3)cc2)C(=O)N[C@@H](C)C(=O)N1)C(N)=O. The third-order valence-electron chi connectivity index (χ3n) is 11.2. The van der Waals surface area contributed by atoms with E-state index >= 15 is 0 Å². The number of hydrogen-bond acceptors (Lipinski definition) is 11. The number of carbonyl (C=O) groups excluding carboxylic acids is 7. The fourth-order valence-corrected chi connectivity index (χ4v) is 7.36. The van der Waals surface area contributed by atoms with E-state index in [9.17, 15) is 43.8 Å². The topological polar surface area (TPSA) is 275 Å². The molecule has 18 heteroatoms. The number of nitrogens with zero attached hydrogens (tertiary/aromatic N) is 1. The average molecular weight is 911 g/mol. The van der Waals surface area contributed by atoms with Crippen LogP contribution < -0.4 is 38.1 Å². The van der Waals surface area contributed by atoms with Crippen LogP contribution in [0.2, 0.25) is 5.02 Å². The number of unbranched alkanes of at least 4 members (excludes halogenated alkanes) is 1. The summed E-state index contributed by atoms with van der Waals surface area (Å²) < 4.78 is 0. The molecule has 0 fully saturated rings. The van der Waals surface area contributed by atoms with Gasteiger partial charge in [0.05, 0.1) is 18.6 Å². The van der Waals surface area contributed by atoms with E-state index in [1.54, 1.807) is 36.4 Å². The second-order valence-electron chi connectivity index (χ2n) is 16.1. The Morgan fingerprint density at radius 2 is 1.43 bits per heavy atom. The Bertz CT molecular complexity index is 2410. The van der Waals surface area contributed by atoms with Crippen LogP contribution in [0.5, 0.6) is 11.5 Å². The summed E-state index contributed by atoms with van der Waals surface area (Å²) in [5.41, 5.74) is 13.9. The molecule has 5 rings (SSSR count). The smallest absolute Gasteiger partial charge is 0.251 e. The number of hydrogen-bond donors (Lipinski definition) is 9. The molecule has 6 amide bonds. The summed E-state index contributed by atoms with van der Waals surface area (Å²) in [6.07, 6.45) is 1.02. The number of amides is 6. The summed E-state index contributed by atoms with van der Waals surface area (Å²) in [6, 6.07) is 15.5. The molecule has 65 heavy (non-hydrogen) atoms. The zero-order valence-electron chi connectivity index (χ0n) is 36.5. The molecule has 6 atom stereocenters. The van der Waals surface area contributed by atoms with Gasteiger partial charge in [-0.3, -0.25) is 38.9 Å². The third-order valence-corrected chi connectivity index (χ3v) is 11.5. The van der Waals surface area contributed by atoms with Crippen LogP contribution in [0.4, 0.5) is 0 Å². The van der Waals surface area contributed by atoms with Crippen molar-refractivity contribution in [1.82, 2.24) is 31.5 Å². The molecule has 344 valence electrons. The lowest BCUT2D eigenvalue weighted by atomic mass is 9.93. The average Bonchev–Trinajstić information content (AvgIpc) is 3.28. The highest BCUT2D eigenvalue weighted by Crippen LogP contribution is 2.39. The largest absolute Gasteiger partial charge is 0.507 e. The molecular formula is C47H55ClN8O9. The van der Waals surface area contributed by atoms with Crippen LogP contribution in [-0.2, 0) is 35.2 Å². The number of halogens is 1. The minimum atomic E-state index is -1.46. The van der Waals surface area contributed by atoms with Crippen molar-refractivity contribution in [3.8, 4) is 33.8 Å². The molecule has 0 saturated heterocycles. The molecule has 4 aromatic rings. The second-order valence-corrected chi connectivity index (χ2v) is 16.5. The molecule has 4 aromatic carbocycles. The highest BCUT2D eigenvalue weighted by molar-refractivity contribution is 6.30. The van der Waals surface area contributed by atoms with Crippen molar-refractivity contribution in [2.45, 2.75) is 82.7 Å². The van der Waals surface area contributed by atoms with Gasteiger partial charge in [0.1, 0.15) is 35.7 Å². The van der Waals surface area contributed by atoms with E-state index in [1.807, 2.05) is 12.1 Å². The fourth-order valence-electron chi connectivity index (χ4n) is 7.24. The minimum absolute atomic E-state index is 0.0856. The molecule has 0 aliphatic carbocycles. The van der Waals surface area contributed by atoms with Crippen molar-refractivity contribution in [3.63, 3.8) is 0 Å². The highest BCUT2D eigenvalue weighted by Gasteiger charge is 2.36. The van der Waals surface area contributed by atoms with Crippen LogP contribution in [-0.4, -0.2) is 107 Å². The molecule has 0 saturated carbocycles. The Labute approximate surface area is 381 Å². The molecule has 11 N–H and O–H groups in total. The number of benzene rings is 4. The Morgan fingerprint density at radius 3 is 2.06 bits per heavy atom. The summed E-state index contributed by atoms with van der Waals surface area (Å²) in [6.45, 7) is 4.36. The van der Waals surface area contributed by atoms with Crippen LogP contribution in [0.3, 0.4) is 0 Å². The molecule has 0 radical (unpaired) electrons. The summed E-state index contributed by atoms with van der Waals surface area (Å²) in [5.74, 6) is -5.23. The molecular weight excluding hydrogens is 856 g/mol. The van der Waals surface area contributed by atoms with Gasteiger partial charge in [-0.15, -0.1) is 0 Å². The van der Waals surface area contributed by atoms with Crippen LogP contribution in [0, 0.1) is 0 Å². The van der Waals surface area contributed by atoms with Gasteiger partial charge in [0, 0.05) is 35.2 Å². The van der Waals surface area contributed by atoms with E-state index in [-0.39, 0.29) is 53.1 Å². The Kier molecular flexibility index (Phi) is 16.8. The van der Waals surface area contributed by atoms with E-state index in [0.717, 1.165) is 16.0 Å². The monoisotopic (exact) mass is 910 g/mol. The van der Waals surface area contributed by atoms with Gasteiger partial charge in [-0.1, -0.05) is 48.0 Å². The first-order chi connectivity index (χ1) is 30.9. The molecule has 0 aromatic heterocycles. The molecule has 1 aliphatic heterocycles. The highest BCUT2D eigenvalue weighted by atomic mass is 35.5. The standard InChI is InChI=1S/C47H55ClN8O9/c1-25(40(59)24-51-26(2)42(50)60)52-45(63)37-22-28-8-18-38(57)34(21-28)35-23-32(15-19-39(35)58)41(46(64)53-27(3)43(61)55-37)56(4)47(65)36(7-5-6-20-49)54-44(62)31-11-9-29(10-12-31)30-13-16-33(48)17-14-30/h8-19,21,23,25-27,36-37,41,51,57-58H,5-7,20,22,24,49H2,1-4H3,(H2,50,60)(H,52,63)(H,53,64)(H,54,62)(H,55,61)/t25-,26-,27-,36-,37-,41-/m0/s1. The molecule has 4 bridgehead atoms. The number of primary amides is 1. The number of Topliss-reactive ketones (excluding diaryl/α,β-unsaturated/α-hetero) is 1. The van der Waals surface area contributed by atoms with Gasteiger partial charge in [-0.05, 0) is 117 Å². The van der Waals surface area contributed by atoms with Crippen molar-refractivity contribution < 1.29 is 43.8 Å². The zero-order chi connectivity index (χ0) is 47.5. The number of phenolic OH excluding ortho intramolecular Hbond substituents is 2. The van der Waals surface area contributed by atoms with E-state index in [0.29, 0.717) is 30.0 Å². The van der Waals surface area contributed by atoms with E-state index in [2.05, 4.69) is 26.6 Å². The number of rotatable bonds is 16. The van der Waals surface area contributed by atoms with Crippen molar-refractivity contribution in [3.05, 3.63) is 107 Å². The maximum absolute atomic E-state index is 14.6. The molecule has 0 unspecified atom stereocenters. The first-order valence-corrected chi connectivity index (χ1v) is 21.5. The van der Waals surface area contributed by atoms with Gasteiger partial charge in [0.15, 0.2) is 5.78 Å². The van der Waals surface area contributed by atoms with E-state index in [4.69, 9.17) is 23.1 Å². The fraction of sp³-hybridized carbons (Fsp3) is 0.340. The van der Waals surface area contributed by atoms with Crippen LogP contribution >= 0.6 is 11.6 Å².